The Kier molecular flexibility index (Phi) is 3.29. The van der Waals surface area contributed by atoms with Gasteiger partial charge in [-0.05, 0) is 12.3 Å². The fraction of sp³-hybridized carbons (Fsp3) is 0.667. The molecule has 0 aliphatic rings. The Hall–Kier alpha value is -0.830. The Labute approximate surface area is 73.0 Å². The first-order valence-electron chi connectivity index (χ1n) is 4.32. The Morgan fingerprint density at radius 1 is 1.58 bits per heavy atom. The van der Waals surface area contributed by atoms with Crippen LogP contribution in [0.5, 0.6) is 0 Å². The number of oxazole rings is 1. The van der Waals surface area contributed by atoms with E-state index in [4.69, 9.17) is 10.2 Å². The van der Waals surface area contributed by atoms with E-state index in [1.807, 2.05) is 0 Å². The molecule has 0 spiro atoms. The van der Waals surface area contributed by atoms with Gasteiger partial charge in [-0.15, -0.1) is 0 Å². The Balaban J connectivity index is 2.32. The molecule has 1 aromatic heterocycles. The van der Waals surface area contributed by atoms with E-state index in [1.165, 1.54) is 0 Å². The van der Waals surface area contributed by atoms with Crippen molar-refractivity contribution >= 4 is 0 Å². The van der Waals surface area contributed by atoms with Crippen molar-refractivity contribution in [1.29, 1.82) is 0 Å². The minimum Gasteiger partial charge on any atom is -0.449 e. The number of hydrogen-bond acceptors (Lipinski definition) is 3. The second kappa shape index (κ2) is 4.26. The number of nitrogens with zero attached hydrogens (tertiary/aromatic N) is 1. The second-order valence-corrected chi connectivity index (χ2v) is 3.52. The van der Waals surface area contributed by atoms with Crippen LogP contribution in [0.3, 0.4) is 0 Å². The van der Waals surface area contributed by atoms with Gasteiger partial charge in [0.2, 0.25) is 0 Å². The molecular weight excluding hydrogens is 152 g/mol. The predicted octanol–water partition coefficient (Wildman–Crippen LogP) is 1.59. The van der Waals surface area contributed by atoms with E-state index < -0.39 is 0 Å². The third-order valence-electron chi connectivity index (χ3n) is 1.69. The van der Waals surface area contributed by atoms with E-state index in [-0.39, 0.29) is 6.04 Å². The minimum absolute atomic E-state index is 0.170. The van der Waals surface area contributed by atoms with Crippen molar-refractivity contribution in [3.63, 3.8) is 0 Å². The zero-order chi connectivity index (χ0) is 8.97. The minimum atomic E-state index is 0.170. The van der Waals surface area contributed by atoms with Crippen LogP contribution in [0.4, 0.5) is 0 Å². The highest BCUT2D eigenvalue weighted by Crippen LogP contribution is 2.07. The highest BCUT2D eigenvalue weighted by Gasteiger charge is 2.08. The SMILES string of the molecule is CC(C)CC(N)Cc1ncco1. The molecule has 0 amide bonds. The van der Waals surface area contributed by atoms with Crippen molar-refractivity contribution in [2.45, 2.75) is 32.7 Å². The number of aromatic nitrogens is 1. The van der Waals surface area contributed by atoms with Gasteiger partial charge in [0.1, 0.15) is 6.26 Å². The van der Waals surface area contributed by atoms with E-state index in [1.54, 1.807) is 12.5 Å². The smallest absolute Gasteiger partial charge is 0.195 e. The van der Waals surface area contributed by atoms with Crippen LogP contribution in [0.2, 0.25) is 0 Å². The predicted molar refractivity (Wildman–Crippen MR) is 47.6 cm³/mol. The zero-order valence-corrected chi connectivity index (χ0v) is 7.66. The average molecular weight is 168 g/mol. The fourth-order valence-corrected chi connectivity index (χ4v) is 1.27. The molecule has 12 heavy (non-hydrogen) atoms. The van der Waals surface area contributed by atoms with E-state index in [9.17, 15) is 0 Å². The molecule has 0 fully saturated rings. The molecule has 0 saturated heterocycles. The van der Waals surface area contributed by atoms with Gasteiger partial charge in [-0.3, -0.25) is 0 Å². The van der Waals surface area contributed by atoms with Gasteiger partial charge in [0, 0.05) is 12.5 Å². The van der Waals surface area contributed by atoms with Crippen LogP contribution in [0, 0.1) is 5.92 Å². The van der Waals surface area contributed by atoms with Crippen molar-refractivity contribution in [2.24, 2.45) is 11.7 Å². The number of hydrogen-bond donors (Lipinski definition) is 1. The largest absolute Gasteiger partial charge is 0.449 e. The molecule has 0 radical (unpaired) electrons. The van der Waals surface area contributed by atoms with E-state index in [2.05, 4.69) is 18.8 Å². The lowest BCUT2D eigenvalue weighted by atomic mass is 10.0. The molecule has 3 heteroatoms. The number of nitrogens with two attached hydrogens (primary N) is 1. The normalized spacial score (nSPS) is 13.7. The standard InChI is InChI=1S/C9H16N2O/c1-7(2)5-8(10)6-9-11-3-4-12-9/h3-4,7-8H,5-6,10H2,1-2H3. The molecule has 1 unspecified atom stereocenters. The van der Waals surface area contributed by atoms with Crippen LogP contribution < -0.4 is 5.73 Å². The molecule has 0 bridgehead atoms. The lowest BCUT2D eigenvalue weighted by Gasteiger charge is -2.11. The molecule has 0 aliphatic heterocycles. The molecule has 1 aromatic rings. The molecule has 2 N–H and O–H groups in total. The topological polar surface area (TPSA) is 52.0 Å². The first-order chi connectivity index (χ1) is 5.68. The van der Waals surface area contributed by atoms with Gasteiger partial charge in [0.15, 0.2) is 5.89 Å². The molecule has 0 aromatic carbocycles. The summed E-state index contributed by atoms with van der Waals surface area (Å²) in [6, 6.07) is 0.170. The molecule has 0 aliphatic carbocycles. The van der Waals surface area contributed by atoms with Crippen LogP contribution >= 0.6 is 0 Å². The third kappa shape index (κ3) is 3.05. The van der Waals surface area contributed by atoms with Gasteiger partial charge in [-0.25, -0.2) is 4.98 Å². The summed E-state index contributed by atoms with van der Waals surface area (Å²) in [4.78, 5) is 4.02. The van der Waals surface area contributed by atoms with Crippen molar-refractivity contribution in [3.05, 3.63) is 18.4 Å². The van der Waals surface area contributed by atoms with Gasteiger partial charge in [-0.1, -0.05) is 13.8 Å². The van der Waals surface area contributed by atoms with E-state index >= 15 is 0 Å². The molecule has 0 saturated carbocycles. The first-order valence-corrected chi connectivity index (χ1v) is 4.32. The summed E-state index contributed by atoms with van der Waals surface area (Å²) in [6.07, 6.45) is 4.99. The van der Waals surface area contributed by atoms with E-state index in [0.717, 1.165) is 18.7 Å². The summed E-state index contributed by atoms with van der Waals surface area (Å²) < 4.78 is 5.09. The average Bonchev–Trinajstić information content (AvgIpc) is 2.37. The summed E-state index contributed by atoms with van der Waals surface area (Å²) >= 11 is 0. The summed E-state index contributed by atoms with van der Waals surface area (Å²) in [5.41, 5.74) is 5.87. The lowest BCUT2D eigenvalue weighted by Crippen LogP contribution is -2.24. The lowest BCUT2D eigenvalue weighted by molar-refractivity contribution is 0.431. The van der Waals surface area contributed by atoms with Gasteiger partial charge in [0.05, 0.1) is 6.20 Å². The van der Waals surface area contributed by atoms with Crippen molar-refractivity contribution in [3.8, 4) is 0 Å². The van der Waals surface area contributed by atoms with Crippen LogP contribution in [0.15, 0.2) is 16.9 Å². The van der Waals surface area contributed by atoms with E-state index in [0.29, 0.717) is 5.92 Å². The third-order valence-corrected chi connectivity index (χ3v) is 1.69. The summed E-state index contributed by atoms with van der Waals surface area (Å²) in [7, 11) is 0. The molecule has 1 heterocycles. The van der Waals surface area contributed by atoms with Gasteiger partial charge >= 0.3 is 0 Å². The van der Waals surface area contributed by atoms with Crippen molar-refractivity contribution in [1.82, 2.24) is 4.98 Å². The molecule has 1 atom stereocenters. The van der Waals surface area contributed by atoms with Crippen LogP contribution in [-0.2, 0) is 6.42 Å². The zero-order valence-electron chi connectivity index (χ0n) is 7.66. The van der Waals surface area contributed by atoms with Crippen molar-refractivity contribution in [2.75, 3.05) is 0 Å². The van der Waals surface area contributed by atoms with Crippen LogP contribution in [0.25, 0.3) is 0 Å². The summed E-state index contributed by atoms with van der Waals surface area (Å²) in [5, 5.41) is 0. The molecule has 3 nitrogen and oxygen atoms in total. The first kappa shape index (κ1) is 9.26. The monoisotopic (exact) mass is 168 g/mol. The van der Waals surface area contributed by atoms with Gasteiger partial charge in [-0.2, -0.15) is 0 Å². The molecule has 68 valence electrons. The Bertz CT molecular complexity index is 206. The highest BCUT2D eigenvalue weighted by molar-refractivity contribution is 4.84. The van der Waals surface area contributed by atoms with Gasteiger partial charge in [0.25, 0.3) is 0 Å². The highest BCUT2D eigenvalue weighted by atomic mass is 16.3. The van der Waals surface area contributed by atoms with Gasteiger partial charge < -0.3 is 10.2 Å². The quantitative estimate of drug-likeness (QED) is 0.742. The van der Waals surface area contributed by atoms with Crippen LogP contribution in [0.1, 0.15) is 26.2 Å². The molecule has 1 rings (SSSR count). The summed E-state index contributed by atoms with van der Waals surface area (Å²) in [5.74, 6) is 1.37. The second-order valence-electron chi connectivity index (χ2n) is 3.52. The number of rotatable bonds is 4. The maximum atomic E-state index is 5.87. The fourth-order valence-electron chi connectivity index (χ4n) is 1.27. The molecular formula is C9H16N2O. The van der Waals surface area contributed by atoms with Crippen LogP contribution in [-0.4, -0.2) is 11.0 Å². The Morgan fingerprint density at radius 2 is 2.33 bits per heavy atom. The maximum Gasteiger partial charge on any atom is 0.195 e. The van der Waals surface area contributed by atoms with Crippen molar-refractivity contribution < 1.29 is 4.42 Å². The summed E-state index contributed by atoms with van der Waals surface area (Å²) in [6.45, 7) is 4.32. The maximum absolute atomic E-state index is 5.87. The Morgan fingerprint density at radius 3 is 2.83 bits per heavy atom.